The van der Waals surface area contributed by atoms with E-state index in [1.165, 1.54) is 0 Å². The van der Waals surface area contributed by atoms with Crippen molar-refractivity contribution in [1.82, 2.24) is 20.2 Å². The highest BCUT2D eigenvalue weighted by molar-refractivity contribution is 5.83. The lowest BCUT2D eigenvalue weighted by Gasteiger charge is -2.27. The van der Waals surface area contributed by atoms with E-state index < -0.39 is 23.5 Å². The zero-order chi connectivity index (χ0) is 15.9. The van der Waals surface area contributed by atoms with Gasteiger partial charge in [0.1, 0.15) is 6.04 Å². The molecule has 0 aliphatic rings. The van der Waals surface area contributed by atoms with Crippen molar-refractivity contribution >= 4 is 12.0 Å². The van der Waals surface area contributed by atoms with E-state index in [0.29, 0.717) is 6.54 Å². The summed E-state index contributed by atoms with van der Waals surface area (Å²) in [5.41, 5.74) is -0.537. The summed E-state index contributed by atoms with van der Waals surface area (Å²) in [7, 11) is 0. The molecule has 1 atom stereocenters. The molecule has 118 valence electrons. The lowest BCUT2D eigenvalue weighted by molar-refractivity contribution is -0.141. The Labute approximate surface area is 124 Å². The zero-order valence-corrected chi connectivity index (χ0v) is 12.8. The van der Waals surface area contributed by atoms with E-state index in [9.17, 15) is 9.59 Å². The number of carbonyl (C=O) groups is 2. The quantitative estimate of drug-likeness (QED) is 0.664. The Morgan fingerprint density at radius 2 is 2.05 bits per heavy atom. The summed E-state index contributed by atoms with van der Waals surface area (Å²) in [4.78, 5) is 26.8. The number of urea groups is 1. The first kappa shape index (κ1) is 17.0. The molecule has 0 bridgehead atoms. The van der Waals surface area contributed by atoms with E-state index in [1.54, 1.807) is 33.3 Å². The molecule has 7 heteroatoms. The van der Waals surface area contributed by atoms with Gasteiger partial charge >= 0.3 is 12.0 Å². The average Bonchev–Trinajstić information content (AvgIpc) is 2.87. The Morgan fingerprint density at radius 1 is 1.33 bits per heavy atom. The normalized spacial score (nSPS) is 12.7. The number of carbonyl (C=O) groups excluding carboxylic acids is 1. The third-order valence-electron chi connectivity index (χ3n) is 3.08. The minimum absolute atomic E-state index is 0.444. The van der Waals surface area contributed by atoms with Crippen LogP contribution < -0.4 is 10.6 Å². The molecule has 0 aliphatic carbocycles. The number of aromatic nitrogens is 2. The van der Waals surface area contributed by atoms with Crippen LogP contribution in [-0.4, -0.2) is 39.2 Å². The summed E-state index contributed by atoms with van der Waals surface area (Å²) in [5, 5.41) is 14.3. The minimum Gasteiger partial charge on any atom is -0.480 e. The molecule has 1 aromatic heterocycles. The highest BCUT2D eigenvalue weighted by Gasteiger charge is 2.32. The largest absolute Gasteiger partial charge is 0.480 e. The summed E-state index contributed by atoms with van der Waals surface area (Å²) >= 11 is 0. The van der Waals surface area contributed by atoms with Gasteiger partial charge in [0.15, 0.2) is 0 Å². The Bertz CT molecular complexity index is 451. The monoisotopic (exact) mass is 296 g/mol. The second kappa shape index (κ2) is 7.66. The molecule has 0 saturated carbocycles. The van der Waals surface area contributed by atoms with Gasteiger partial charge < -0.3 is 20.3 Å². The molecule has 0 fully saturated rings. The van der Waals surface area contributed by atoms with Gasteiger partial charge in [0, 0.05) is 25.5 Å². The number of rotatable bonds is 7. The van der Waals surface area contributed by atoms with Gasteiger partial charge in [-0.05, 0) is 18.3 Å². The first-order chi connectivity index (χ1) is 9.80. The number of carboxylic acids is 1. The molecule has 1 aromatic rings. The Kier molecular flexibility index (Phi) is 6.20. The summed E-state index contributed by atoms with van der Waals surface area (Å²) < 4.78 is 1.97. The summed E-state index contributed by atoms with van der Waals surface area (Å²) in [5.74, 6) is -1.03. The second-order valence-corrected chi connectivity index (χ2v) is 6.05. The van der Waals surface area contributed by atoms with Gasteiger partial charge in [-0.2, -0.15) is 0 Å². The second-order valence-electron chi connectivity index (χ2n) is 6.05. The fraction of sp³-hybridized carbons (Fsp3) is 0.643. The molecule has 0 aromatic carbocycles. The van der Waals surface area contributed by atoms with Crippen molar-refractivity contribution in [3.05, 3.63) is 18.7 Å². The number of aryl methyl sites for hydroxylation is 1. The molecule has 0 radical (unpaired) electrons. The Balaban J connectivity index is 2.22. The van der Waals surface area contributed by atoms with Crippen molar-refractivity contribution in [2.45, 2.75) is 46.2 Å². The molecule has 1 heterocycles. The predicted molar refractivity (Wildman–Crippen MR) is 78.9 cm³/mol. The highest BCUT2D eigenvalue weighted by Crippen LogP contribution is 2.19. The first-order valence-electron chi connectivity index (χ1n) is 7.03. The van der Waals surface area contributed by atoms with Crippen molar-refractivity contribution in [3.63, 3.8) is 0 Å². The smallest absolute Gasteiger partial charge is 0.326 e. The third-order valence-corrected chi connectivity index (χ3v) is 3.08. The lowest BCUT2D eigenvalue weighted by atomic mass is 9.87. The number of nitrogens with zero attached hydrogens (tertiary/aromatic N) is 2. The molecule has 3 N–H and O–H groups in total. The van der Waals surface area contributed by atoms with Crippen LogP contribution in [0, 0.1) is 5.41 Å². The molecule has 0 unspecified atom stereocenters. The summed E-state index contributed by atoms with van der Waals surface area (Å²) in [6.45, 7) is 6.69. The summed E-state index contributed by atoms with van der Waals surface area (Å²) in [6.07, 6.45) is 7.10. The van der Waals surface area contributed by atoms with Gasteiger partial charge in [0.25, 0.3) is 0 Å². The Hall–Kier alpha value is -2.05. The van der Waals surface area contributed by atoms with Crippen molar-refractivity contribution in [2.75, 3.05) is 6.54 Å². The van der Waals surface area contributed by atoms with E-state index in [1.807, 2.05) is 10.8 Å². The highest BCUT2D eigenvalue weighted by atomic mass is 16.4. The van der Waals surface area contributed by atoms with Crippen LogP contribution in [0.2, 0.25) is 0 Å². The molecule has 0 aliphatic heterocycles. The molecular weight excluding hydrogens is 272 g/mol. The van der Waals surface area contributed by atoms with Crippen LogP contribution in [0.15, 0.2) is 18.7 Å². The van der Waals surface area contributed by atoms with Gasteiger partial charge in [-0.1, -0.05) is 20.8 Å². The molecular formula is C14H24N4O3. The molecule has 0 spiro atoms. The number of amides is 2. The van der Waals surface area contributed by atoms with Crippen molar-refractivity contribution in [1.29, 1.82) is 0 Å². The van der Waals surface area contributed by atoms with Crippen molar-refractivity contribution in [2.24, 2.45) is 5.41 Å². The zero-order valence-electron chi connectivity index (χ0n) is 12.8. The van der Waals surface area contributed by atoms with Crippen LogP contribution in [0.3, 0.4) is 0 Å². The van der Waals surface area contributed by atoms with Crippen LogP contribution in [-0.2, 0) is 11.3 Å². The minimum atomic E-state index is -1.03. The van der Waals surface area contributed by atoms with Gasteiger partial charge in [-0.3, -0.25) is 0 Å². The SMILES string of the molecule is CC(C)(C)[C@H](NC(=O)NCCCCn1ccnc1)C(=O)O. The van der Waals surface area contributed by atoms with Crippen molar-refractivity contribution in [3.8, 4) is 0 Å². The van der Waals surface area contributed by atoms with Crippen LogP contribution in [0.1, 0.15) is 33.6 Å². The number of unbranched alkanes of at least 4 members (excludes halogenated alkanes) is 1. The van der Waals surface area contributed by atoms with E-state index >= 15 is 0 Å². The maximum absolute atomic E-state index is 11.7. The van der Waals surface area contributed by atoms with E-state index in [4.69, 9.17) is 5.11 Å². The van der Waals surface area contributed by atoms with Gasteiger partial charge in [0.2, 0.25) is 0 Å². The maximum Gasteiger partial charge on any atom is 0.326 e. The van der Waals surface area contributed by atoms with Crippen LogP contribution in [0.4, 0.5) is 4.79 Å². The van der Waals surface area contributed by atoms with Crippen molar-refractivity contribution < 1.29 is 14.7 Å². The average molecular weight is 296 g/mol. The molecule has 2 amide bonds. The lowest BCUT2D eigenvalue weighted by Crippen LogP contribution is -2.52. The van der Waals surface area contributed by atoms with Crippen LogP contribution in [0.5, 0.6) is 0 Å². The number of hydrogen-bond donors (Lipinski definition) is 3. The summed E-state index contributed by atoms with van der Waals surface area (Å²) in [6, 6.07) is -1.36. The number of imidazole rings is 1. The molecule has 1 rings (SSSR count). The van der Waals surface area contributed by atoms with Crippen LogP contribution in [0.25, 0.3) is 0 Å². The van der Waals surface area contributed by atoms with E-state index in [0.717, 1.165) is 19.4 Å². The molecule has 21 heavy (non-hydrogen) atoms. The fourth-order valence-corrected chi connectivity index (χ4v) is 1.87. The van der Waals surface area contributed by atoms with E-state index in [2.05, 4.69) is 15.6 Å². The topological polar surface area (TPSA) is 96.3 Å². The van der Waals surface area contributed by atoms with Crippen LogP contribution >= 0.6 is 0 Å². The van der Waals surface area contributed by atoms with Gasteiger partial charge in [-0.15, -0.1) is 0 Å². The number of carboxylic acid groups (broad SMARTS) is 1. The van der Waals surface area contributed by atoms with E-state index in [-0.39, 0.29) is 0 Å². The standard InChI is InChI=1S/C14H24N4O3/c1-14(2,3)11(12(19)20)17-13(21)16-6-4-5-8-18-9-7-15-10-18/h7,9-11H,4-6,8H2,1-3H3,(H,19,20)(H2,16,17,21)/t11-/m1/s1. The molecule has 0 saturated heterocycles. The van der Waals surface area contributed by atoms with Gasteiger partial charge in [-0.25, -0.2) is 14.6 Å². The van der Waals surface area contributed by atoms with Gasteiger partial charge in [0.05, 0.1) is 6.33 Å². The maximum atomic E-state index is 11.7. The number of aliphatic carboxylic acids is 1. The predicted octanol–water partition coefficient (Wildman–Crippen LogP) is 1.46. The first-order valence-corrected chi connectivity index (χ1v) is 7.03. The number of hydrogen-bond acceptors (Lipinski definition) is 3. The Morgan fingerprint density at radius 3 is 2.57 bits per heavy atom. The fourth-order valence-electron chi connectivity index (χ4n) is 1.87. The molecule has 7 nitrogen and oxygen atoms in total. The third kappa shape index (κ3) is 6.29. The number of nitrogens with one attached hydrogen (secondary N) is 2.